The quantitative estimate of drug-likeness (QED) is 0.202. The zero-order chi connectivity index (χ0) is 24.5. The van der Waals surface area contributed by atoms with Gasteiger partial charge in [-0.2, -0.15) is 0 Å². The molecule has 2 aliphatic heterocycles. The number of rotatable bonds is 15. The van der Waals surface area contributed by atoms with Crippen LogP contribution in [0.1, 0.15) is 91.9 Å². The summed E-state index contributed by atoms with van der Waals surface area (Å²) >= 11 is 0. The van der Waals surface area contributed by atoms with Crippen LogP contribution in [0.4, 0.5) is 0 Å². The molecule has 188 valence electrons. The Balaban J connectivity index is 1.89. The molecule has 2 aliphatic rings. The van der Waals surface area contributed by atoms with Gasteiger partial charge in [-0.15, -0.1) is 0 Å². The number of carbonyl (C=O) groups excluding carboxylic acids is 4. The summed E-state index contributed by atoms with van der Waals surface area (Å²) < 4.78 is 28.3. The lowest BCUT2D eigenvalue weighted by Crippen LogP contribution is -2.46. The number of unbranched alkanes of at least 4 members (excludes halogenated alkanes) is 4. The molecular weight excluding hydrogens is 432 g/mol. The number of carbonyl (C=O) groups is 4. The summed E-state index contributed by atoms with van der Waals surface area (Å²) in [5.41, 5.74) is 0. The third-order valence-electron chi connectivity index (χ3n) is 5.61. The Hall–Kier alpha value is -1.84. The molecule has 0 aromatic heterocycles. The molecular formula is C24H38O9. The van der Waals surface area contributed by atoms with E-state index in [2.05, 4.69) is 0 Å². The average molecular weight is 471 g/mol. The van der Waals surface area contributed by atoms with E-state index in [1.807, 2.05) is 13.8 Å². The van der Waals surface area contributed by atoms with Crippen molar-refractivity contribution in [3.63, 3.8) is 0 Å². The summed E-state index contributed by atoms with van der Waals surface area (Å²) in [7, 11) is 0. The highest BCUT2D eigenvalue weighted by atomic mass is 16.9. The number of fused-ring (bicyclic) bond motifs is 1. The van der Waals surface area contributed by atoms with E-state index in [0.717, 1.165) is 38.5 Å². The third-order valence-corrected chi connectivity index (χ3v) is 5.61. The molecule has 9 nitrogen and oxygen atoms in total. The van der Waals surface area contributed by atoms with Gasteiger partial charge in [0.2, 0.25) is 5.79 Å². The number of ketones is 2. The molecule has 0 radical (unpaired) electrons. The van der Waals surface area contributed by atoms with Crippen LogP contribution < -0.4 is 0 Å². The Labute approximate surface area is 195 Å². The van der Waals surface area contributed by atoms with Crippen LogP contribution in [-0.4, -0.2) is 60.5 Å². The van der Waals surface area contributed by atoms with E-state index < -0.39 is 35.7 Å². The Kier molecular flexibility index (Phi) is 10.4. The smallest absolute Gasteiger partial charge is 0.313 e. The zero-order valence-corrected chi connectivity index (χ0v) is 20.3. The second-order valence-corrected chi connectivity index (χ2v) is 9.20. The lowest BCUT2D eigenvalue weighted by molar-refractivity contribution is -0.262. The van der Waals surface area contributed by atoms with Gasteiger partial charge >= 0.3 is 11.9 Å². The van der Waals surface area contributed by atoms with Gasteiger partial charge in [-0.25, -0.2) is 0 Å². The fourth-order valence-corrected chi connectivity index (χ4v) is 4.01. The molecule has 33 heavy (non-hydrogen) atoms. The van der Waals surface area contributed by atoms with E-state index in [9.17, 15) is 19.2 Å². The highest BCUT2D eigenvalue weighted by Gasteiger charge is 2.63. The maximum Gasteiger partial charge on any atom is 0.313 e. The van der Waals surface area contributed by atoms with E-state index in [-0.39, 0.29) is 37.6 Å². The minimum absolute atomic E-state index is 0.0238. The van der Waals surface area contributed by atoms with E-state index in [4.69, 9.17) is 23.7 Å². The highest BCUT2D eigenvalue weighted by Crippen LogP contribution is 2.44. The SMILES string of the molecule is CCCCCC(=O)CC(=O)OC[C@@]12OC[C@H](OC(=O)CC(=O)CCCCC)[C@@H]1OC(C)(C)O2. The Bertz CT molecular complexity index is 702. The molecule has 0 unspecified atom stereocenters. The first kappa shape index (κ1) is 27.4. The maximum absolute atomic E-state index is 12.3. The van der Waals surface area contributed by atoms with Gasteiger partial charge in [0.05, 0.1) is 6.61 Å². The van der Waals surface area contributed by atoms with Crippen LogP contribution in [0.25, 0.3) is 0 Å². The van der Waals surface area contributed by atoms with Gasteiger partial charge in [0.25, 0.3) is 0 Å². The lowest BCUT2D eigenvalue weighted by atomic mass is 10.1. The number of hydrogen-bond acceptors (Lipinski definition) is 9. The van der Waals surface area contributed by atoms with Crippen molar-refractivity contribution >= 4 is 23.5 Å². The van der Waals surface area contributed by atoms with Gasteiger partial charge in [-0.05, 0) is 26.7 Å². The maximum atomic E-state index is 12.3. The molecule has 3 atom stereocenters. The molecule has 0 aliphatic carbocycles. The minimum Gasteiger partial charge on any atom is -0.459 e. The molecule has 2 rings (SSSR count). The standard InChI is InChI=1S/C24H38O9/c1-5-7-9-11-17(25)13-20(27)29-16-24-22(32-23(3,4)33-24)19(15-30-24)31-21(28)14-18(26)12-10-8-6-2/h19,22H,5-16H2,1-4H3/t19-,22-,24-/m0/s1. The van der Waals surface area contributed by atoms with Gasteiger partial charge in [0.15, 0.2) is 18.0 Å². The summed E-state index contributed by atoms with van der Waals surface area (Å²) in [6, 6.07) is 0. The number of hydrogen-bond donors (Lipinski definition) is 0. The van der Waals surface area contributed by atoms with Crippen molar-refractivity contribution in [1.82, 2.24) is 0 Å². The zero-order valence-electron chi connectivity index (χ0n) is 20.3. The molecule has 9 heteroatoms. The van der Waals surface area contributed by atoms with Crippen LogP contribution in [0, 0.1) is 0 Å². The van der Waals surface area contributed by atoms with Gasteiger partial charge in [0, 0.05) is 12.8 Å². The molecule has 0 bridgehead atoms. The Morgan fingerprint density at radius 1 is 0.879 bits per heavy atom. The second kappa shape index (κ2) is 12.6. The van der Waals surface area contributed by atoms with Crippen LogP contribution in [0.3, 0.4) is 0 Å². The van der Waals surface area contributed by atoms with Crippen LogP contribution >= 0.6 is 0 Å². The van der Waals surface area contributed by atoms with Crippen molar-refractivity contribution in [3.05, 3.63) is 0 Å². The molecule has 0 N–H and O–H groups in total. The summed E-state index contributed by atoms with van der Waals surface area (Å²) in [6.07, 6.45) is 3.77. The Morgan fingerprint density at radius 2 is 1.45 bits per heavy atom. The fourth-order valence-electron chi connectivity index (χ4n) is 4.01. The lowest BCUT2D eigenvalue weighted by Gasteiger charge is -2.26. The predicted molar refractivity (Wildman–Crippen MR) is 117 cm³/mol. The highest BCUT2D eigenvalue weighted by molar-refractivity contribution is 5.96. The first-order valence-electron chi connectivity index (χ1n) is 12.0. The van der Waals surface area contributed by atoms with E-state index in [1.54, 1.807) is 13.8 Å². The first-order chi connectivity index (χ1) is 15.6. The molecule has 2 saturated heterocycles. The molecule has 0 saturated carbocycles. The van der Waals surface area contributed by atoms with Crippen LogP contribution in [0.2, 0.25) is 0 Å². The number of Topliss-reactive ketones (excluding diaryl/α,β-unsaturated/α-hetero) is 2. The molecule has 0 amide bonds. The average Bonchev–Trinajstić information content (AvgIpc) is 3.17. The fraction of sp³-hybridized carbons (Fsp3) is 0.833. The number of ether oxygens (including phenoxy) is 5. The molecule has 2 fully saturated rings. The van der Waals surface area contributed by atoms with Crippen LogP contribution in [0.15, 0.2) is 0 Å². The molecule has 0 aromatic carbocycles. The number of esters is 2. The Morgan fingerprint density at radius 3 is 2.03 bits per heavy atom. The van der Waals surface area contributed by atoms with Crippen molar-refractivity contribution < 1.29 is 42.9 Å². The summed E-state index contributed by atoms with van der Waals surface area (Å²) in [5, 5.41) is 0. The van der Waals surface area contributed by atoms with Crippen LogP contribution in [0.5, 0.6) is 0 Å². The van der Waals surface area contributed by atoms with Crippen LogP contribution in [-0.2, 0) is 42.9 Å². The van der Waals surface area contributed by atoms with E-state index >= 15 is 0 Å². The van der Waals surface area contributed by atoms with Crippen molar-refractivity contribution in [1.29, 1.82) is 0 Å². The summed E-state index contributed by atoms with van der Waals surface area (Å²) in [5.74, 6) is -4.16. The van der Waals surface area contributed by atoms with E-state index in [0.29, 0.717) is 12.8 Å². The van der Waals surface area contributed by atoms with Gasteiger partial charge in [-0.3, -0.25) is 19.2 Å². The molecule has 2 heterocycles. The van der Waals surface area contributed by atoms with Gasteiger partial charge < -0.3 is 23.7 Å². The second-order valence-electron chi connectivity index (χ2n) is 9.20. The van der Waals surface area contributed by atoms with Crippen molar-refractivity contribution in [2.45, 2.75) is 116 Å². The van der Waals surface area contributed by atoms with Crippen molar-refractivity contribution in [3.8, 4) is 0 Å². The largest absolute Gasteiger partial charge is 0.459 e. The molecule has 0 aromatic rings. The normalized spacial score (nSPS) is 25.5. The third kappa shape index (κ3) is 8.46. The summed E-state index contributed by atoms with van der Waals surface area (Å²) in [4.78, 5) is 48.3. The minimum atomic E-state index is -1.44. The van der Waals surface area contributed by atoms with Crippen molar-refractivity contribution in [2.24, 2.45) is 0 Å². The van der Waals surface area contributed by atoms with E-state index in [1.165, 1.54) is 0 Å². The van der Waals surface area contributed by atoms with Gasteiger partial charge in [-0.1, -0.05) is 39.5 Å². The van der Waals surface area contributed by atoms with Crippen molar-refractivity contribution in [2.75, 3.05) is 13.2 Å². The predicted octanol–water partition coefficient (Wildman–Crippen LogP) is 3.40. The summed E-state index contributed by atoms with van der Waals surface area (Å²) in [6.45, 7) is 7.10. The van der Waals surface area contributed by atoms with Gasteiger partial charge in [0.1, 0.15) is 31.0 Å². The monoisotopic (exact) mass is 470 g/mol. The molecule has 0 spiro atoms. The topological polar surface area (TPSA) is 114 Å². The first-order valence-corrected chi connectivity index (χ1v) is 12.0.